The van der Waals surface area contributed by atoms with E-state index in [1.54, 1.807) is 13.8 Å². The number of carbonyl (C=O) groups is 1. The first-order chi connectivity index (χ1) is 10.7. The second-order valence-electron chi connectivity index (χ2n) is 4.95. The number of hydrogen-bond acceptors (Lipinski definition) is 4. The molecule has 0 amide bonds. The number of hydrogen-bond donors (Lipinski definition) is 0. The van der Waals surface area contributed by atoms with Gasteiger partial charge in [-0.15, -0.1) is 11.8 Å². The van der Waals surface area contributed by atoms with E-state index in [0.717, 1.165) is 12.4 Å². The molecule has 0 aliphatic heterocycles. The Bertz CT molecular complexity index is 735. The molecule has 124 valence electrons. The van der Waals surface area contributed by atoms with Crippen LogP contribution in [0.25, 0.3) is 10.9 Å². The summed E-state index contributed by atoms with van der Waals surface area (Å²) in [6.45, 7) is 3.43. The Labute approximate surface area is 143 Å². The number of thioether (sulfide) groups is 1. The molecule has 0 aliphatic rings. The number of carbonyl (C=O) groups excluding carboxylic acids is 1. The molecule has 1 aromatic carbocycles. The second kappa shape index (κ2) is 7.09. The largest absolute Gasteiger partial charge is 0.475 e. The molecule has 23 heavy (non-hydrogen) atoms. The fraction of sp³-hybridized carbons (Fsp3) is 0.333. The van der Waals surface area contributed by atoms with Gasteiger partial charge >= 0.3 is 6.18 Å². The van der Waals surface area contributed by atoms with Gasteiger partial charge in [0.1, 0.15) is 6.29 Å². The fourth-order valence-corrected chi connectivity index (χ4v) is 3.30. The van der Waals surface area contributed by atoms with Crippen molar-refractivity contribution in [3.05, 3.63) is 28.2 Å². The van der Waals surface area contributed by atoms with Crippen molar-refractivity contribution in [1.29, 1.82) is 0 Å². The molecule has 0 bridgehead atoms. The molecular weight excluding hydrogens is 395 g/mol. The number of nitrogens with zero attached hydrogens (tertiary/aromatic N) is 1. The zero-order valence-corrected chi connectivity index (χ0v) is 14.7. The predicted octanol–water partition coefficient (Wildman–Crippen LogP) is 5.09. The molecule has 0 saturated heterocycles. The molecule has 3 nitrogen and oxygen atoms in total. The van der Waals surface area contributed by atoms with E-state index < -0.39 is 11.7 Å². The maximum atomic E-state index is 13.3. The van der Waals surface area contributed by atoms with Crippen molar-refractivity contribution < 1.29 is 22.7 Å². The van der Waals surface area contributed by atoms with Gasteiger partial charge in [0.15, 0.2) is 0 Å². The highest BCUT2D eigenvalue weighted by Crippen LogP contribution is 2.39. The monoisotopic (exact) mass is 407 g/mol. The first kappa shape index (κ1) is 18.1. The molecule has 0 atom stereocenters. The minimum atomic E-state index is -4.52. The van der Waals surface area contributed by atoms with E-state index in [2.05, 4.69) is 20.9 Å². The second-order valence-corrected chi connectivity index (χ2v) is 6.87. The Morgan fingerprint density at radius 1 is 1.35 bits per heavy atom. The van der Waals surface area contributed by atoms with Crippen LogP contribution in [0.3, 0.4) is 0 Å². The normalized spacial score (nSPS) is 12.0. The summed E-state index contributed by atoms with van der Waals surface area (Å²) in [7, 11) is 0. The number of alkyl halides is 3. The molecule has 0 N–H and O–H groups in total. The van der Waals surface area contributed by atoms with Gasteiger partial charge in [0.2, 0.25) is 5.88 Å². The van der Waals surface area contributed by atoms with E-state index in [4.69, 9.17) is 4.74 Å². The fourth-order valence-electron chi connectivity index (χ4n) is 1.97. The Hall–Kier alpha value is -1.28. The number of pyridine rings is 1. The van der Waals surface area contributed by atoms with Crippen LogP contribution in [0.4, 0.5) is 13.2 Å². The summed E-state index contributed by atoms with van der Waals surface area (Å²) in [4.78, 5) is 15.3. The van der Waals surface area contributed by atoms with Crippen LogP contribution in [0.15, 0.2) is 27.6 Å². The number of rotatable bonds is 5. The van der Waals surface area contributed by atoms with Crippen LogP contribution in [0.2, 0.25) is 0 Å². The average Bonchev–Trinajstić information content (AvgIpc) is 2.43. The van der Waals surface area contributed by atoms with E-state index >= 15 is 0 Å². The Morgan fingerprint density at radius 3 is 2.61 bits per heavy atom. The zero-order valence-electron chi connectivity index (χ0n) is 12.3. The Kier molecular flexibility index (Phi) is 5.57. The molecule has 0 unspecified atom stereocenters. The molecule has 0 fully saturated rings. The van der Waals surface area contributed by atoms with Gasteiger partial charge in [-0.25, -0.2) is 4.98 Å². The third kappa shape index (κ3) is 4.38. The van der Waals surface area contributed by atoms with Crippen molar-refractivity contribution in [2.24, 2.45) is 0 Å². The summed E-state index contributed by atoms with van der Waals surface area (Å²) >= 11 is 4.46. The van der Waals surface area contributed by atoms with E-state index in [0.29, 0.717) is 9.37 Å². The molecule has 1 heterocycles. The van der Waals surface area contributed by atoms with Crippen LogP contribution < -0.4 is 4.74 Å². The summed E-state index contributed by atoms with van der Waals surface area (Å²) < 4.78 is 45.8. The molecule has 0 saturated carbocycles. The van der Waals surface area contributed by atoms with Crippen molar-refractivity contribution in [3.63, 3.8) is 0 Å². The van der Waals surface area contributed by atoms with Gasteiger partial charge in [0.25, 0.3) is 0 Å². The van der Waals surface area contributed by atoms with Crippen molar-refractivity contribution >= 4 is 44.9 Å². The number of aldehydes is 1. The number of benzene rings is 1. The highest BCUT2D eigenvalue weighted by atomic mass is 79.9. The van der Waals surface area contributed by atoms with E-state index in [1.165, 1.54) is 23.9 Å². The van der Waals surface area contributed by atoms with Gasteiger partial charge in [-0.2, -0.15) is 13.2 Å². The first-order valence-electron chi connectivity index (χ1n) is 6.67. The van der Waals surface area contributed by atoms with Crippen LogP contribution in [0.1, 0.15) is 19.4 Å². The lowest BCUT2D eigenvalue weighted by atomic mass is 10.1. The summed E-state index contributed by atoms with van der Waals surface area (Å²) in [5.41, 5.74) is -0.627. The Morgan fingerprint density at radius 2 is 2.04 bits per heavy atom. The van der Waals surface area contributed by atoms with Crippen LogP contribution in [0, 0.1) is 0 Å². The van der Waals surface area contributed by atoms with E-state index in [-0.39, 0.29) is 28.6 Å². The van der Waals surface area contributed by atoms with Gasteiger partial charge in [0, 0.05) is 20.8 Å². The number of ether oxygens (including phenoxy) is 1. The van der Waals surface area contributed by atoms with Crippen LogP contribution in [0.5, 0.6) is 5.88 Å². The van der Waals surface area contributed by atoms with Crippen LogP contribution >= 0.6 is 27.7 Å². The first-order valence-corrected chi connectivity index (χ1v) is 8.45. The highest BCUT2D eigenvalue weighted by Gasteiger charge is 2.34. The predicted molar refractivity (Wildman–Crippen MR) is 87.0 cm³/mol. The molecule has 2 aromatic rings. The van der Waals surface area contributed by atoms with Crippen molar-refractivity contribution in [1.82, 2.24) is 4.98 Å². The molecule has 8 heteroatoms. The van der Waals surface area contributed by atoms with Gasteiger partial charge in [-0.3, -0.25) is 0 Å². The minimum Gasteiger partial charge on any atom is -0.475 e. The lowest BCUT2D eigenvalue weighted by molar-refractivity contribution is -0.136. The lowest BCUT2D eigenvalue weighted by Crippen LogP contribution is -2.11. The standard InChI is InChI=1S/C15H13BrF3NO2S/c1-8(2)22-14-6-10(15(17,18)19)9-5-11(16)13(23-4-3-21)7-12(9)20-14/h3,5-8H,4H2,1-2H3. The topological polar surface area (TPSA) is 39.2 Å². The molecule has 0 aliphatic carbocycles. The summed E-state index contributed by atoms with van der Waals surface area (Å²) in [6.07, 6.45) is -4.08. The molecular formula is C15H13BrF3NO2S. The highest BCUT2D eigenvalue weighted by molar-refractivity contribution is 9.10. The van der Waals surface area contributed by atoms with Gasteiger partial charge in [-0.1, -0.05) is 0 Å². The maximum absolute atomic E-state index is 13.3. The summed E-state index contributed by atoms with van der Waals surface area (Å²) in [6, 6.07) is 3.81. The number of fused-ring (bicyclic) bond motifs is 1. The number of aromatic nitrogens is 1. The van der Waals surface area contributed by atoms with Crippen LogP contribution in [-0.4, -0.2) is 23.1 Å². The van der Waals surface area contributed by atoms with Gasteiger partial charge in [-0.05, 0) is 41.9 Å². The molecule has 1 aromatic heterocycles. The Balaban J connectivity index is 2.66. The average molecular weight is 408 g/mol. The van der Waals surface area contributed by atoms with Crippen molar-refractivity contribution in [2.75, 3.05) is 5.75 Å². The van der Waals surface area contributed by atoms with Gasteiger partial charge in [0.05, 0.1) is 22.9 Å². The SMILES string of the molecule is CC(C)Oc1cc(C(F)(F)F)c2cc(Br)c(SCC=O)cc2n1. The van der Waals surface area contributed by atoms with Crippen molar-refractivity contribution in [3.8, 4) is 5.88 Å². The maximum Gasteiger partial charge on any atom is 0.417 e. The van der Waals surface area contributed by atoms with E-state index in [1.807, 2.05) is 0 Å². The molecule has 2 rings (SSSR count). The lowest BCUT2D eigenvalue weighted by Gasteiger charge is -2.15. The smallest absolute Gasteiger partial charge is 0.417 e. The number of halogens is 4. The minimum absolute atomic E-state index is 0.0177. The van der Waals surface area contributed by atoms with E-state index in [9.17, 15) is 18.0 Å². The van der Waals surface area contributed by atoms with Gasteiger partial charge < -0.3 is 9.53 Å². The van der Waals surface area contributed by atoms with Crippen LogP contribution in [-0.2, 0) is 11.0 Å². The summed E-state index contributed by atoms with van der Waals surface area (Å²) in [5.74, 6) is 0.131. The molecule has 0 radical (unpaired) electrons. The van der Waals surface area contributed by atoms with Crippen molar-refractivity contribution in [2.45, 2.75) is 31.0 Å². The zero-order chi connectivity index (χ0) is 17.2. The quantitative estimate of drug-likeness (QED) is 0.510. The summed E-state index contributed by atoms with van der Waals surface area (Å²) in [5, 5.41) is -0.0177. The molecule has 0 spiro atoms. The third-order valence-corrected chi connectivity index (χ3v) is 4.68. The third-order valence-electron chi connectivity index (χ3n) is 2.81.